The van der Waals surface area contributed by atoms with Gasteiger partial charge < -0.3 is 20.3 Å². The van der Waals surface area contributed by atoms with Gasteiger partial charge in [0.05, 0.1) is 25.4 Å². The first-order valence-corrected chi connectivity index (χ1v) is 28.7. The smallest absolute Gasteiger partial charge is 0.305 e. The fourth-order valence-corrected chi connectivity index (χ4v) is 8.72. The summed E-state index contributed by atoms with van der Waals surface area (Å²) in [6.07, 6.45) is 67.0. The lowest BCUT2D eigenvalue weighted by Crippen LogP contribution is -2.45. The molecule has 0 aromatic heterocycles. The number of amides is 1. The Morgan fingerprint density at radius 3 is 1.18 bits per heavy atom. The molecule has 382 valence electrons. The maximum atomic E-state index is 12.5. The molecule has 0 saturated carbocycles. The van der Waals surface area contributed by atoms with Crippen molar-refractivity contribution in [1.29, 1.82) is 0 Å². The molecule has 6 nitrogen and oxygen atoms in total. The molecule has 0 aromatic carbocycles. The summed E-state index contributed by atoms with van der Waals surface area (Å²) in [5.74, 6) is -0.0736. The van der Waals surface area contributed by atoms with E-state index in [0.717, 1.165) is 83.5 Å². The highest BCUT2D eigenvalue weighted by molar-refractivity contribution is 5.76. The van der Waals surface area contributed by atoms with Gasteiger partial charge in [-0.2, -0.15) is 0 Å². The highest BCUT2D eigenvalue weighted by Crippen LogP contribution is 2.16. The third-order valence-electron chi connectivity index (χ3n) is 13.2. The van der Waals surface area contributed by atoms with E-state index in [-0.39, 0.29) is 18.5 Å². The number of hydrogen-bond acceptors (Lipinski definition) is 5. The monoisotopic (exact) mass is 914 g/mol. The molecule has 3 N–H and O–H groups in total. The Morgan fingerprint density at radius 1 is 0.431 bits per heavy atom. The molecule has 65 heavy (non-hydrogen) atoms. The fourth-order valence-electron chi connectivity index (χ4n) is 8.72. The number of aliphatic hydroxyl groups excluding tert-OH is 2. The first-order valence-electron chi connectivity index (χ1n) is 28.7. The molecule has 0 bridgehead atoms. The molecule has 0 saturated heterocycles. The van der Waals surface area contributed by atoms with Crippen molar-refractivity contribution in [2.45, 2.75) is 315 Å². The van der Waals surface area contributed by atoms with E-state index in [9.17, 15) is 19.8 Å². The lowest BCUT2D eigenvalue weighted by Gasteiger charge is -2.22. The number of carbonyl (C=O) groups excluding carboxylic acids is 2. The molecule has 0 heterocycles. The molecule has 0 aromatic rings. The molecule has 0 rings (SSSR count). The van der Waals surface area contributed by atoms with Crippen LogP contribution in [0.15, 0.2) is 36.5 Å². The average molecular weight is 915 g/mol. The number of allylic oxidation sites excluding steroid dienone is 6. The van der Waals surface area contributed by atoms with Crippen LogP contribution < -0.4 is 5.32 Å². The third-order valence-corrected chi connectivity index (χ3v) is 13.2. The maximum absolute atomic E-state index is 12.5. The van der Waals surface area contributed by atoms with Crippen LogP contribution >= 0.6 is 0 Å². The quantitative estimate of drug-likeness (QED) is 0.0321. The number of unbranched alkanes of at least 4 members (excludes halogenated alkanes) is 36. The molecule has 6 heteroatoms. The van der Waals surface area contributed by atoms with E-state index in [1.54, 1.807) is 0 Å². The number of rotatable bonds is 53. The number of hydrogen-bond donors (Lipinski definition) is 3. The Bertz CT molecular complexity index is 1060. The van der Waals surface area contributed by atoms with Crippen LogP contribution in [0, 0.1) is 0 Å². The van der Waals surface area contributed by atoms with Gasteiger partial charge in [0.1, 0.15) is 0 Å². The van der Waals surface area contributed by atoms with Crippen LogP contribution in [0.3, 0.4) is 0 Å². The van der Waals surface area contributed by atoms with Gasteiger partial charge in [0, 0.05) is 12.8 Å². The second-order valence-electron chi connectivity index (χ2n) is 19.6. The van der Waals surface area contributed by atoms with Crippen molar-refractivity contribution in [3.63, 3.8) is 0 Å². The molecule has 0 aliphatic heterocycles. The van der Waals surface area contributed by atoms with E-state index >= 15 is 0 Å². The third kappa shape index (κ3) is 51.3. The summed E-state index contributed by atoms with van der Waals surface area (Å²) in [5.41, 5.74) is 0. The zero-order valence-electron chi connectivity index (χ0n) is 43.5. The maximum Gasteiger partial charge on any atom is 0.305 e. The largest absolute Gasteiger partial charge is 0.466 e. The minimum Gasteiger partial charge on any atom is -0.466 e. The first-order chi connectivity index (χ1) is 32.0. The van der Waals surface area contributed by atoms with Crippen molar-refractivity contribution in [3.8, 4) is 0 Å². The number of nitrogens with one attached hydrogen (secondary N) is 1. The predicted molar refractivity (Wildman–Crippen MR) is 283 cm³/mol. The molecule has 0 fully saturated rings. The topological polar surface area (TPSA) is 95.9 Å². The van der Waals surface area contributed by atoms with Crippen LogP contribution in [-0.2, 0) is 14.3 Å². The summed E-state index contributed by atoms with van der Waals surface area (Å²) >= 11 is 0. The van der Waals surface area contributed by atoms with Gasteiger partial charge in [0.2, 0.25) is 5.91 Å². The van der Waals surface area contributed by atoms with Crippen molar-refractivity contribution < 1.29 is 24.5 Å². The van der Waals surface area contributed by atoms with Gasteiger partial charge in [-0.1, -0.05) is 237 Å². The van der Waals surface area contributed by atoms with Crippen LogP contribution in [-0.4, -0.2) is 47.4 Å². The molecule has 1 amide bonds. The van der Waals surface area contributed by atoms with Crippen LogP contribution in [0.5, 0.6) is 0 Å². The Balaban J connectivity index is 3.50. The molecule has 0 aliphatic rings. The van der Waals surface area contributed by atoms with Gasteiger partial charge in [0.25, 0.3) is 0 Å². The van der Waals surface area contributed by atoms with Crippen LogP contribution in [0.4, 0.5) is 0 Å². The van der Waals surface area contributed by atoms with E-state index in [1.807, 2.05) is 0 Å². The Labute approximate surface area is 404 Å². The van der Waals surface area contributed by atoms with Gasteiger partial charge in [0.15, 0.2) is 0 Å². The number of esters is 1. The average Bonchev–Trinajstić information content (AvgIpc) is 3.31. The van der Waals surface area contributed by atoms with Gasteiger partial charge >= 0.3 is 5.97 Å². The Morgan fingerprint density at radius 2 is 0.769 bits per heavy atom. The van der Waals surface area contributed by atoms with Crippen molar-refractivity contribution in [2.75, 3.05) is 13.2 Å². The number of aliphatic hydroxyl groups is 2. The number of ether oxygens (including phenoxy) is 1. The molecular weight excluding hydrogens is 803 g/mol. The van der Waals surface area contributed by atoms with Crippen molar-refractivity contribution >= 4 is 11.9 Å². The van der Waals surface area contributed by atoms with Crippen LogP contribution in [0.25, 0.3) is 0 Å². The predicted octanol–water partition coefficient (Wildman–Crippen LogP) is 17.6. The van der Waals surface area contributed by atoms with Gasteiger partial charge in [-0.3, -0.25) is 9.59 Å². The molecule has 0 radical (unpaired) electrons. The second kappa shape index (κ2) is 54.7. The minimum atomic E-state index is -0.675. The lowest BCUT2D eigenvalue weighted by molar-refractivity contribution is -0.143. The molecule has 0 spiro atoms. The van der Waals surface area contributed by atoms with Crippen molar-refractivity contribution in [1.82, 2.24) is 5.32 Å². The highest BCUT2D eigenvalue weighted by atomic mass is 16.5. The van der Waals surface area contributed by atoms with E-state index in [1.165, 1.54) is 186 Å². The molecular formula is C59H111NO5. The summed E-state index contributed by atoms with van der Waals surface area (Å²) in [6.45, 7) is 4.91. The van der Waals surface area contributed by atoms with E-state index in [2.05, 4.69) is 55.6 Å². The summed E-state index contributed by atoms with van der Waals surface area (Å²) in [5, 5.41) is 23.2. The van der Waals surface area contributed by atoms with E-state index in [0.29, 0.717) is 25.9 Å². The molecule has 2 unspecified atom stereocenters. The van der Waals surface area contributed by atoms with E-state index < -0.39 is 12.1 Å². The summed E-state index contributed by atoms with van der Waals surface area (Å²) in [6, 6.07) is -0.554. The summed E-state index contributed by atoms with van der Waals surface area (Å²) < 4.78 is 5.45. The van der Waals surface area contributed by atoms with Gasteiger partial charge in [-0.25, -0.2) is 0 Å². The summed E-state index contributed by atoms with van der Waals surface area (Å²) in [4.78, 5) is 24.5. The van der Waals surface area contributed by atoms with Gasteiger partial charge in [-0.15, -0.1) is 0 Å². The zero-order valence-corrected chi connectivity index (χ0v) is 43.5. The lowest BCUT2D eigenvalue weighted by atomic mass is 10.0. The second-order valence-corrected chi connectivity index (χ2v) is 19.6. The normalized spacial score (nSPS) is 12.9. The SMILES string of the molecule is CCCCCCCCC/C=C\CCCCCCCC(=O)OCCCCC/C=C\C/C=C\CCCCCCCCCC(=O)NC(CO)C(O)CCCCCCCCCCCCCCCCC. The Kier molecular flexibility index (Phi) is 53.1. The van der Waals surface area contributed by atoms with Crippen LogP contribution in [0.2, 0.25) is 0 Å². The zero-order chi connectivity index (χ0) is 47.2. The van der Waals surface area contributed by atoms with Crippen LogP contribution in [0.1, 0.15) is 303 Å². The van der Waals surface area contributed by atoms with Crippen molar-refractivity contribution in [2.24, 2.45) is 0 Å². The highest BCUT2D eigenvalue weighted by Gasteiger charge is 2.20. The minimum absolute atomic E-state index is 0.0229. The molecule has 2 atom stereocenters. The Hall–Kier alpha value is -1.92. The van der Waals surface area contributed by atoms with E-state index in [4.69, 9.17) is 4.74 Å². The standard InChI is InChI=1S/C59H111NO5/c1-3-5-7-9-11-13-15-17-19-25-29-33-37-41-45-49-53-59(64)65-54-50-46-42-38-34-30-26-22-20-21-24-28-32-36-40-44-48-52-58(63)60-56(55-61)57(62)51-47-43-39-35-31-27-23-18-16-14-12-10-8-6-4-2/h19-20,22,25,30,34,56-57,61-62H,3-18,21,23-24,26-29,31-33,35-55H2,1-2H3,(H,60,63)/b22-20-,25-19-,34-30-. The molecule has 0 aliphatic carbocycles. The number of carbonyl (C=O) groups is 2. The van der Waals surface area contributed by atoms with Gasteiger partial charge in [-0.05, 0) is 89.9 Å². The first kappa shape index (κ1) is 63.1. The summed E-state index contributed by atoms with van der Waals surface area (Å²) in [7, 11) is 0. The fraction of sp³-hybridized carbons (Fsp3) is 0.864. The van der Waals surface area contributed by atoms with Crippen molar-refractivity contribution in [3.05, 3.63) is 36.5 Å².